The molecule has 2 rings (SSSR count). The molecule has 26 heavy (non-hydrogen) atoms. The minimum Gasteiger partial charge on any atom is -0.348 e. The highest BCUT2D eigenvalue weighted by Crippen LogP contribution is 2.17. The van der Waals surface area contributed by atoms with E-state index in [-0.39, 0.29) is 11.6 Å². The minimum atomic E-state index is -0.739. The highest BCUT2D eigenvalue weighted by Gasteiger charge is 2.17. The third kappa shape index (κ3) is 4.33. The second kappa shape index (κ2) is 8.07. The molecule has 2 aromatic rings. The maximum atomic E-state index is 12.3. The van der Waals surface area contributed by atoms with Gasteiger partial charge in [-0.3, -0.25) is 24.3 Å². The fourth-order valence-electron chi connectivity index (χ4n) is 2.53. The molecule has 8 heteroatoms. The number of nitrogens with one attached hydrogen (secondary N) is 1. The first-order valence-corrected chi connectivity index (χ1v) is 8.00. The van der Waals surface area contributed by atoms with E-state index in [1.807, 2.05) is 38.1 Å². The van der Waals surface area contributed by atoms with E-state index in [9.17, 15) is 19.7 Å². The number of hydrogen-bond acceptors (Lipinski definition) is 5. The van der Waals surface area contributed by atoms with Gasteiger partial charge in [0.15, 0.2) is 0 Å². The number of nitriles is 1. The highest BCUT2D eigenvalue weighted by molar-refractivity contribution is 5.76. The minimum absolute atomic E-state index is 0.243. The predicted molar refractivity (Wildman–Crippen MR) is 94.4 cm³/mol. The van der Waals surface area contributed by atoms with Crippen molar-refractivity contribution in [1.82, 2.24) is 9.88 Å². The summed E-state index contributed by atoms with van der Waals surface area (Å²) in [6, 6.07) is 9.98. The SMILES string of the molecule is CC[C@@H](NC(=O)Cn1cc([N+](=O)[O-])cc(C#N)c1=O)c1ccc(C)cc1. The highest BCUT2D eigenvalue weighted by atomic mass is 16.6. The molecule has 0 aliphatic rings. The number of amides is 1. The molecule has 1 aromatic heterocycles. The van der Waals surface area contributed by atoms with Crippen LogP contribution in [0.5, 0.6) is 0 Å². The second-order valence-corrected chi connectivity index (χ2v) is 5.85. The molecule has 0 saturated heterocycles. The molecule has 0 radical (unpaired) electrons. The third-order valence-electron chi connectivity index (χ3n) is 3.94. The molecule has 0 fully saturated rings. The average Bonchev–Trinajstić information content (AvgIpc) is 2.62. The number of benzene rings is 1. The Balaban J connectivity index is 2.22. The maximum absolute atomic E-state index is 12.3. The number of carbonyl (C=O) groups is 1. The van der Waals surface area contributed by atoms with E-state index in [1.165, 1.54) is 0 Å². The Morgan fingerprint density at radius 3 is 2.58 bits per heavy atom. The van der Waals surface area contributed by atoms with Crippen molar-refractivity contribution in [2.75, 3.05) is 0 Å². The van der Waals surface area contributed by atoms with Gasteiger partial charge in [0.2, 0.25) is 5.91 Å². The van der Waals surface area contributed by atoms with Crippen LogP contribution in [-0.2, 0) is 11.3 Å². The molecule has 8 nitrogen and oxygen atoms in total. The van der Waals surface area contributed by atoms with Crippen LogP contribution in [0.2, 0.25) is 0 Å². The van der Waals surface area contributed by atoms with Crippen molar-refractivity contribution in [3.63, 3.8) is 0 Å². The lowest BCUT2D eigenvalue weighted by Gasteiger charge is -2.18. The zero-order chi connectivity index (χ0) is 19.3. The van der Waals surface area contributed by atoms with Gasteiger partial charge in [0.1, 0.15) is 18.2 Å². The molecular formula is C18H18N4O4. The summed E-state index contributed by atoms with van der Waals surface area (Å²) in [7, 11) is 0. The first kappa shape index (κ1) is 18.9. The number of aryl methyl sites for hydroxylation is 1. The maximum Gasteiger partial charge on any atom is 0.287 e. The van der Waals surface area contributed by atoms with Crippen molar-refractivity contribution in [1.29, 1.82) is 5.26 Å². The van der Waals surface area contributed by atoms with Gasteiger partial charge in [0.05, 0.1) is 17.2 Å². The zero-order valence-corrected chi connectivity index (χ0v) is 14.4. The third-order valence-corrected chi connectivity index (χ3v) is 3.94. The molecule has 0 unspecified atom stereocenters. The van der Waals surface area contributed by atoms with Crippen molar-refractivity contribution >= 4 is 11.6 Å². The Morgan fingerprint density at radius 1 is 1.38 bits per heavy atom. The number of hydrogen-bond donors (Lipinski definition) is 1. The van der Waals surface area contributed by atoms with Gasteiger partial charge in [0.25, 0.3) is 11.2 Å². The Labute approximate surface area is 149 Å². The van der Waals surface area contributed by atoms with Gasteiger partial charge >= 0.3 is 0 Å². The van der Waals surface area contributed by atoms with E-state index in [2.05, 4.69) is 5.32 Å². The van der Waals surface area contributed by atoms with Crippen LogP contribution in [-0.4, -0.2) is 15.4 Å². The van der Waals surface area contributed by atoms with Crippen molar-refractivity contribution in [2.24, 2.45) is 0 Å². The van der Waals surface area contributed by atoms with Gasteiger partial charge in [0, 0.05) is 6.07 Å². The quantitative estimate of drug-likeness (QED) is 0.630. The molecule has 1 heterocycles. The van der Waals surface area contributed by atoms with E-state index in [0.29, 0.717) is 6.42 Å². The molecule has 0 saturated carbocycles. The van der Waals surface area contributed by atoms with Gasteiger partial charge in [-0.15, -0.1) is 0 Å². The Morgan fingerprint density at radius 2 is 2.04 bits per heavy atom. The number of nitrogens with zero attached hydrogens (tertiary/aromatic N) is 3. The van der Waals surface area contributed by atoms with E-state index in [4.69, 9.17) is 5.26 Å². The lowest BCUT2D eigenvalue weighted by atomic mass is 10.0. The summed E-state index contributed by atoms with van der Waals surface area (Å²) in [5.41, 5.74) is 0.492. The summed E-state index contributed by atoms with van der Waals surface area (Å²) in [5.74, 6) is -0.469. The number of pyridine rings is 1. The van der Waals surface area contributed by atoms with E-state index in [1.54, 1.807) is 6.07 Å². The summed E-state index contributed by atoms with van der Waals surface area (Å²) in [6.07, 6.45) is 1.61. The van der Waals surface area contributed by atoms with Crippen molar-refractivity contribution in [3.05, 3.63) is 73.7 Å². The number of nitro groups is 1. The van der Waals surface area contributed by atoms with Crippen LogP contribution < -0.4 is 10.9 Å². The van der Waals surface area contributed by atoms with E-state index < -0.39 is 28.6 Å². The smallest absolute Gasteiger partial charge is 0.287 e. The molecule has 1 atom stereocenters. The standard InChI is InChI=1S/C18H18N4O4/c1-3-16(13-6-4-12(2)5-7-13)20-17(23)11-21-10-15(22(25)26)8-14(9-19)18(21)24/h4-8,10,16H,3,11H2,1-2H3,(H,20,23)/t16-/m1/s1. The monoisotopic (exact) mass is 354 g/mol. The van der Waals surface area contributed by atoms with Crippen LogP contribution in [0.1, 0.15) is 36.1 Å². The number of aromatic nitrogens is 1. The van der Waals surface area contributed by atoms with Crippen LogP contribution in [0, 0.1) is 28.4 Å². The summed E-state index contributed by atoms with van der Waals surface area (Å²) in [6.45, 7) is 3.47. The Kier molecular flexibility index (Phi) is 5.86. The Bertz CT molecular complexity index is 926. The van der Waals surface area contributed by atoms with E-state index in [0.717, 1.165) is 28.0 Å². The fraction of sp³-hybridized carbons (Fsp3) is 0.278. The second-order valence-electron chi connectivity index (χ2n) is 5.85. The predicted octanol–water partition coefficient (Wildman–Crippen LogP) is 2.20. The largest absolute Gasteiger partial charge is 0.348 e. The van der Waals surface area contributed by atoms with E-state index >= 15 is 0 Å². The molecule has 1 aromatic carbocycles. The molecular weight excluding hydrogens is 336 g/mol. The molecule has 134 valence electrons. The summed E-state index contributed by atoms with van der Waals surface area (Å²) in [4.78, 5) is 34.7. The zero-order valence-electron chi connectivity index (χ0n) is 14.4. The topological polar surface area (TPSA) is 118 Å². The molecule has 1 amide bonds. The molecule has 0 aliphatic carbocycles. The first-order valence-electron chi connectivity index (χ1n) is 8.00. The van der Waals surface area contributed by atoms with Crippen LogP contribution in [0.3, 0.4) is 0 Å². The van der Waals surface area contributed by atoms with Gasteiger partial charge in [-0.1, -0.05) is 36.8 Å². The van der Waals surface area contributed by atoms with Crippen LogP contribution in [0.25, 0.3) is 0 Å². The molecule has 0 aliphatic heterocycles. The Hall–Kier alpha value is -3.47. The fourth-order valence-corrected chi connectivity index (χ4v) is 2.53. The normalized spacial score (nSPS) is 11.4. The summed E-state index contributed by atoms with van der Waals surface area (Å²) >= 11 is 0. The lowest BCUT2D eigenvalue weighted by Crippen LogP contribution is -2.35. The molecule has 0 spiro atoms. The summed E-state index contributed by atoms with van der Waals surface area (Å²) < 4.78 is 0.883. The van der Waals surface area contributed by atoms with Crippen LogP contribution >= 0.6 is 0 Å². The lowest BCUT2D eigenvalue weighted by molar-refractivity contribution is -0.385. The van der Waals surface area contributed by atoms with Gasteiger partial charge in [-0.05, 0) is 18.9 Å². The van der Waals surface area contributed by atoms with Gasteiger partial charge in [-0.25, -0.2) is 0 Å². The van der Waals surface area contributed by atoms with Crippen LogP contribution in [0.15, 0.2) is 41.3 Å². The van der Waals surface area contributed by atoms with Crippen molar-refractivity contribution in [2.45, 2.75) is 32.9 Å². The van der Waals surface area contributed by atoms with Gasteiger partial charge in [-0.2, -0.15) is 5.26 Å². The van der Waals surface area contributed by atoms with Crippen molar-refractivity contribution < 1.29 is 9.72 Å². The number of rotatable bonds is 6. The van der Waals surface area contributed by atoms with Crippen LogP contribution in [0.4, 0.5) is 5.69 Å². The number of carbonyl (C=O) groups excluding carboxylic acids is 1. The molecule has 0 bridgehead atoms. The average molecular weight is 354 g/mol. The molecule has 1 N–H and O–H groups in total. The van der Waals surface area contributed by atoms with Gasteiger partial charge < -0.3 is 5.32 Å². The first-order chi connectivity index (χ1) is 12.3. The van der Waals surface area contributed by atoms with Crippen molar-refractivity contribution in [3.8, 4) is 6.07 Å². The summed E-state index contributed by atoms with van der Waals surface area (Å²) in [5, 5.41) is 22.7.